The van der Waals surface area contributed by atoms with Crippen molar-refractivity contribution in [3.63, 3.8) is 0 Å². The summed E-state index contributed by atoms with van der Waals surface area (Å²) in [6.45, 7) is 0.442. The van der Waals surface area contributed by atoms with Crippen molar-refractivity contribution in [3.05, 3.63) is 0 Å². The summed E-state index contributed by atoms with van der Waals surface area (Å²) in [5.74, 6) is -0.785. The maximum atomic E-state index is 13.3. The average molecular weight is 224 g/mol. The van der Waals surface area contributed by atoms with Crippen LogP contribution in [0.25, 0.3) is 0 Å². The first-order valence-corrected chi connectivity index (χ1v) is 4.41. The van der Waals surface area contributed by atoms with Gasteiger partial charge < -0.3 is 24.8 Å². The number of hydrogen-bond donors (Lipinski definition) is 3. The molecule has 7 heteroatoms. The van der Waals surface area contributed by atoms with E-state index in [0.29, 0.717) is 0 Å². The molecule has 1 heterocycles. The molecule has 1 rings (SSSR count). The van der Waals surface area contributed by atoms with Gasteiger partial charge in [0.1, 0.15) is 12.2 Å². The largest absolute Gasteiger partial charge is 0.456 e. The van der Waals surface area contributed by atoms with Gasteiger partial charge in [0.05, 0.1) is 6.61 Å². The van der Waals surface area contributed by atoms with Crippen molar-refractivity contribution in [1.29, 1.82) is 0 Å². The highest BCUT2D eigenvalue weighted by atomic mass is 19.1. The molecule has 0 amide bonds. The Balaban J connectivity index is 2.74. The summed E-state index contributed by atoms with van der Waals surface area (Å²) in [5, 5.41) is 27.3. The number of aliphatic hydroxyl groups excluding tert-OH is 3. The summed E-state index contributed by atoms with van der Waals surface area (Å²) in [6, 6.07) is 0. The SMILES string of the molecule is CC(=O)O[C@@H]1[C@H](F)[C@@H](O)OC(CO)[C@H]1O. The van der Waals surface area contributed by atoms with Crippen LogP contribution >= 0.6 is 0 Å². The van der Waals surface area contributed by atoms with E-state index in [-0.39, 0.29) is 0 Å². The maximum absolute atomic E-state index is 13.3. The van der Waals surface area contributed by atoms with Crippen LogP contribution in [0.15, 0.2) is 0 Å². The molecule has 15 heavy (non-hydrogen) atoms. The van der Waals surface area contributed by atoms with Gasteiger partial charge in [0, 0.05) is 6.92 Å². The third kappa shape index (κ3) is 2.63. The minimum absolute atomic E-state index is 0.608. The number of halogens is 1. The van der Waals surface area contributed by atoms with Gasteiger partial charge >= 0.3 is 5.97 Å². The molecule has 1 aliphatic rings. The fourth-order valence-corrected chi connectivity index (χ4v) is 1.37. The van der Waals surface area contributed by atoms with Gasteiger partial charge in [0.25, 0.3) is 0 Å². The molecule has 5 atom stereocenters. The van der Waals surface area contributed by atoms with Crippen LogP contribution in [0.5, 0.6) is 0 Å². The van der Waals surface area contributed by atoms with Gasteiger partial charge in [-0.2, -0.15) is 0 Å². The summed E-state index contributed by atoms with van der Waals surface area (Å²) in [5.41, 5.74) is 0. The average Bonchev–Trinajstić information content (AvgIpc) is 2.18. The molecule has 0 aromatic heterocycles. The number of aliphatic hydroxyl groups is 3. The van der Waals surface area contributed by atoms with Crippen LogP contribution in [0.1, 0.15) is 6.92 Å². The van der Waals surface area contributed by atoms with E-state index in [9.17, 15) is 14.3 Å². The second kappa shape index (κ2) is 4.84. The van der Waals surface area contributed by atoms with Crippen LogP contribution in [0.4, 0.5) is 4.39 Å². The molecule has 1 fully saturated rings. The lowest BCUT2D eigenvalue weighted by Gasteiger charge is -2.38. The topological polar surface area (TPSA) is 96.2 Å². The van der Waals surface area contributed by atoms with Crippen molar-refractivity contribution in [1.82, 2.24) is 0 Å². The lowest BCUT2D eigenvalue weighted by Crippen LogP contribution is -2.58. The number of ether oxygens (including phenoxy) is 2. The molecule has 3 N–H and O–H groups in total. The van der Waals surface area contributed by atoms with E-state index in [1.54, 1.807) is 0 Å². The molecule has 1 unspecified atom stereocenters. The minimum atomic E-state index is -2.04. The van der Waals surface area contributed by atoms with E-state index in [2.05, 4.69) is 9.47 Å². The molecule has 0 aromatic carbocycles. The Bertz CT molecular complexity index is 235. The van der Waals surface area contributed by atoms with Gasteiger partial charge in [-0.05, 0) is 0 Å². The van der Waals surface area contributed by atoms with Crippen LogP contribution in [-0.2, 0) is 14.3 Å². The summed E-state index contributed by atoms with van der Waals surface area (Å²) in [7, 11) is 0. The first-order chi connectivity index (χ1) is 6.97. The maximum Gasteiger partial charge on any atom is 0.303 e. The standard InChI is InChI=1S/C8H13FO6/c1-3(11)14-7-5(9)8(13)15-4(2-10)6(7)12/h4-8,10,12-13H,2H2,1H3/t4?,5-,6+,7+,8-/m0/s1. The number of alkyl halides is 1. The molecule has 1 aliphatic heterocycles. The number of carbonyl (C=O) groups excluding carboxylic acids is 1. The highest BCUT2D eigenvalue weighted by molar-refractivity contribution is 5.66. The van der Waals surface area contributed by atoms with Crippen molar-refractivity contribution >= 4 is 5.97 Å². The van der Waals surface area contributed by atoms with Gasteiger partial charge in [0.2, 0.25) is 0 Å². The molecule has 0 saturated carbocycles. The van der Waals surface area contributed by atoms with E-state index < -0.39 is 43.3 Å². The van der Waals surface area contributed by atoms with Gasteiger partial charge in [-0.1, -0.05) is 0 Å². The monoisotopic (exact) mass is 224 g/mol. The molecule has 0 aromatic rings. The van der Waals surface area contributed by atoms with Crippen LogP contribution in [-0.4, -0.2) is 58.7 Å². The van der Waals surface area contributed by atoms with E-state index in [0.717, 1.165) is 6.92 Å². The van der Waals surface area contributed by atoms with Gasteiger partial charge in [0.15, 0.2) is 18.6 Å². The molecule has 0 spiro atoms. The van der Waals surface area contributed by atoms with Crippen LogP contribution in [0.3, 0.4) is 0 Å². The summed E-state index contributed by atoms with van der Waals surface area (Å²) < 4.78 is 22.3. The highest BCUT2D eigenvalue weighted by Gasteiger charge is 2.46. The van der Waals surface area contributed by atoms with Gasteiger partial charge in [-0.3, -0.25) is 4.79 Å². The van der Waals surface area contributed by atoms with E-state index in [1.807, 2.05) is 0 Å². The Morgan fingerprint density at radius 2 is 2.13 bits per heavy atom. The zero-order chi connectivity index (χ0) is 11.6. The molecule has 0 bridgehead atoms. The van der Waals surface area contributed by atoms with E-state index >= 15 is 0 Å². The van der Waals surface area contributed by atoms with Crippen molar-refractivity contribution in [2.75, 3.05) is 6.61 Å². The predicted octanol–water partition coefficient (Wildman–Crippen LogP) is -1.67. The fourth-order valence-electron chi connectivity index (χ4n) is 1.37. The third-order valence-corrected chi connectivity index (χ3v) is 2.10. The molecule has 0 aliphatic carbocycles. The summed E-state index contributed by atoms with van der Waals surface area (Å²) in [6.07, 6.45) is -8.06. The molecular weight excluding hydrogens is 211 g/mol. The lowest BCUT2D eigenvalue weighted by molar-refractivity contribution is -0.274. The first kappa shape index (κ1) is 12.3. The predicted molar refractivity (Wildman–Crippen MR) is 44.4 cm³/mol. The fraction of sp³-hybridized carbons (Fsp3) is 0.875. The smallest absolute Gasteiger partial charge is 0.303 e. The Hall–Kier alpha value is -0.760. The van der Waals surface area contributed by atoms with Crippen molar-refractivity contribution in [2.24, 2.45) is 0 Å². The zero-order valence-electron chi connectivity index (χ0n) is 8.04. The van der Waals surface area contributed by atoms with Crippen molar-refractivity contribution in [3.8, 4) is 0 Å². The van der Waals surface area contributed by atoms with Gasteiger partial charge in [-0.15, -0.1) is 0 Å². The van der Waals surface area contributed by atoms with E-state index in [1.165, 1.54) is 0 Å². The summed E-state index contributed by atoms with van der Waals surface area (Å²) >= 11 is 0. The van der Waals surface area contributed by atoms with Crippen LogP contribution in [0, 0.1) is 0 Å². The van der Waals surface area contributed by atoms with Crippen molar-refractivity contribution in [2.45, 2.75) is 37.7 Å². The number of rotatable bonds is 2. The zero-order valence-corrected chi connectivity index (χ0v) is 8.04. The Morgan fingerprint density at radius 3 is 2.60 bits per heavy atom. The van der Waals surface area contributed by atoms with Crippen molar-refractivity contribution < 1.29 is 34.0 Å². The Labute approximate surface area is 85.2 Å². The second-order valence-corrected chi connectivity index (χ2v) is 3.26. The second-order valence-electron chi connectivity index (χ2n) is 3.26. The molecule has 0 radical (unpaired) electrons. The Kier molecular flexibility index (Phi) is 3.97. The first-order valence-electron chi connectivity index (χ1n) is 4.41. The molecule has 88 valence electrons. The van der Waals surface area contributed by atoms with E-state index in [4.69, 9.17) is 10.2 Å². The minimum Gasteiger partial charge on any atom is -0.456 e. The van der Waals surface area contributed by atoms with Crippen LogP contribution in [0.2, 0.25) is 0 Å². The molecule has 6 nitrogen and oxygen atoms in total. The van der Waals surface area contributed by atoms with Crippen LogP contribution < -0.4 is 0 Å². The molecular formula is C8H13FO6. The lowest BCUT2D eigenvalue weighted by atomic mass is 10.00. The normalized spacial score (nSPS) is 41.3. The highest BCUT2D eigenvalue weighted by Crippen LogP contribution is 2.24. The number of hydrogen-bond acceptors (Lipinski definition) is 6. The van der Waals surface area contributed by atoms with Gasteiger partial charge in [-0.25, -0.2) is 4.39 Å². The Morgan fingerprint density at radius 1 is 1.53 bits per heavy atom. The quantitative estimate of drug-likeness (QED) is 0.485. The molecule has 1 saturated heterocycles. The third-order valence-electron chi connectivity index (χ3n) is 2.10. The number of carbonyl (C=O) groups is 1. The summed E-state index contributed by atoms with van der Waals surface area (Å²) in [4.78, 5) is 10.6. The number of esters is 1.